The van der Waals surface area contributed by atoms with E-state index in [0.717, 1.165) is 22.6 Å². The number of benzene rings is 2. The van der Waals surface area contributed by atoms with Crippen molar-refractivity contribution in [2.24, 2.45) is 0 Å². The molecule has 0 spiro atoms. The van der Waals surface area contributed by atoms with E-state index >= 15 is 0 Å². The highest BCUT2D eigenvalue weighted by atomic mass is 32.1. The molecule has 1 N–H and O–H groups in total. The summed E-state index contributed by atoms with van der Waals surface area (Å²) in [6, 6.07) is 15.8. The summed E-state index contributed by atoms with van der Waals surface area (Å²) < 4.78 is 5.56. The van der Waals surface area contributed by atoms with E-state index in [1.807, 2.05) is 67.8 Å². The minimum atomic E-state index is -0.221. The van der Waals surface area contributed by atoms with Crippen molar-refractivity contribution in [1.82, 2.24) is 4.98 Å². The van der Waals surface area contributed by atoms with Crippen LogP contribution in [0.15, 0.2) is 60.0 Å². The van der Waals surface area contributed by atoms with Gasteiger partial charge >= 0.3 is 0 Å². The summed E-state index contributed by atoms with van der Waals surface area (Å²) in [6.45, 7) is 4.56. The topological polar surface area (TPSA) is 51.2 Å². The predicted octanol–water partition coefficient (Wildman–Crippen LogP) is 5.17. The zero-order valence-electron chi connectivity index (χ0n) is 14.7. The molecular formula is C21H20N2O2S. The van der Waals surface area contributed by atoms with E-state index in [2.05, 4.69) is 10.3 Å². The van der Waals surface area contributed by atoms with Gasteiger partial charge in [0.2, 0.25) is 5.91 Å². The van der Waals surface area contributed by atoms with Crippen molar-refractivity contribution in [1.29, 1.82) is 0 Å². The van der Waals surface area contributed by atoms with Crippen LogP contribution in [0.1, 0.15) is 18.1 Å². The third-order valence-electron chi connectivity index (χ3n) is 3.71. The summed E-state index contributed by atoms with van der Waals surface area (Å²) >= 11 is 1.41. The molecule has 0 atom stereocenters. The first kappa shape index (κ1) is 17.9. The van der Waals surface area contributed by atoms with Crippen molar-refractivity contribution >= 4 is 28.5 Å². The number of rotatable bonds is 6. The Balaban J connectivity index is 1.66. The number of aryl methyl sites for hydroxylation is 1. The van der Waals surface area contributed by atoms with Crippen LogP contribution in [0.3, 0.4) is 0 Å². The monoisotopic (exact) mass is 364 g/mol. The van der Waals surface area contributed by atoms with Crippen molar-refractivity contribution in [3.05, 3.63) is 71.1 Å². The molecule has 0 fully saturated rings. The molecular weight excluding hydrogens is 344 g/mol. The molecule has 132 valence electrons. The Morgan fingerprint density at radius 1 is 1.19 bits per heavy atom. The number of nitrogens with zero attached hydrogens (tertiary/aromatic N) is 1. The number of aromatic nitrogens is 1. The summed E-state index contributed by atoms with van der Waals surface area (Å²) in [5.74, 6) is 0.538. The van der Waals surface area contributed by atoms with E-state index in [4.69, 9.17) is 4.74 Å². The molecule has 0 aliphatic heterocycles. The lowest BCUT2D eigenvalue weighted by molar-refractivity contribution is -0.111. The van der Waals surface area contributed by atoms with E-state index < -0.39 is 0 Å². The Labute approximate surface area is 157 Å². The first-order valence-corrected chi connectivity index (χ1v) is 9.27. The molecule has 0 radical (unpaired) electrons. The van der Waals surface area contributed by atoms with E-state index in [0.29, 0.717) is 11.7 Å². The predicted molar refractivity (Wildman–Crippen MR) is 108 cm³/mol. The maximum Gasteiger partial charge on any atom is 0.250 e. The number of para-hydroxylation sites is 1. The molecule has 0 unspecified atom stereocenters. The van der Waals surface area contributed by atoms with Gasteiger partial charge in [0.15, 0.2) is 5.13 Å². The highest BCUT2D eigenvalue weighted by Gasteiger charge is 2.07. The normalized spacial score (nSPS) is 10.8. The number of nitrogens with one attached hydrogen (secondary N) is 1. The maximum atomic E-state index is 12.2. The fraction of sp³-hybridized carbons (Fsp3) is 0.143. The first-order valence-electron chi connectivity index (χ1n) is 8.39. The molecule has 26 heavy (non-hydrogen) atoms. The van der Waals surface area contributed by atoms with Gasteiger partial charge in [0, 0.05) is 22.6 Å². The summed E-state index contributed by atoms with van der Waals surface area (Å²) in [7, 11) is 0. The molecule has 1 amide bonds. The van der Waals surface area contributed by atoms with Gasteiger partial charge in [-0.3, -0.25) is 10.1 Å². The second-order valence-corrected chi connectivity index (χ2v) is 6.56. The minimum absolute atomic E-state index is 0.221. The Morgan fingerprint density at radius 2 is 1.96 bits per heavy atom. The Hall–Kier alpha value is -2.92. The molecule has 3 aromatic rings. The van der Waals surface area contributed by atoms with Crippen molar-refractivity contribution in [2.45, 2.75) is 13.8 Å². The molecule has 3 rings (SSSR count). The molecule has 0 aliphatic carbocycles. The van der Waals surface area contributed by atoms with Gasteiger partial charge < -0.3 is 4.74 Å². The number of thiazole rings is 1. The largest absolute Gasteiger partial charge is 0.493 e. The Kier molecular flexibility index (Phi) is 5.81. The standard InChI is InChI=1S/C21H20N2O2S/c1-3-25-19-7-5-4-6-17(19)12-13-20(24)23-21-22-18(14-26-21)16-10-8-15(2)9-11-16/h4-14H,3H2,1-2H3,(H,22,23,24)/b13-12+. The summed E-state index contributed by atoms with van der Waals surface area (Å²) in [6.07, 6.45) is 3.24. The smallest absolute Gasteiger partial charge is 0.250 e. The van der Waals surface area contributed by atoms with Gasteiger partial charge in [-0.05, 0) is 26.0 Å². The van der Waals surface area contributed by atoms with Crippen LogP contribution in [0.4, 0.5) is 5.13 Å². The number of amides is 1. The van der Waals surface area contributed by atoms with Gasteiger partial charge in [0.1, 0.15) is 5.75 Å². The first-order chi connectivity index (χ1) is 12.7. The number of carbonyl (C=O) groups is 1. The molecule has 0 saturated heterocycles. The average Bonchev–Trinajstić information content (AvgIpc) is 3.10. The lowest BCUT2D eigenvalue weighted by Gasteiger charge is -2.06. The quantitative estimate of drug-likeness (QED) is 0.614. The van der Waals surface area contributed by atoms with Crippen LogP contribution in [0.25, 0.3) is 17.3 Å². The van der Waals surface area contributed by atoms with Crippen LogP contribution >= 0.6 is 11.3 Å². The van der Waals surface area contributed by atoms with Crippen molar-refractivity contribution in [3.63, 3.8) is 0 Å². The number of hydrogen-bond acceptors (Lipinski definition) is 4. The second-order valence-electron chi connectivity index (χ2n) is 5.70. The van der Waals surface area contributed by atoms with E-state index in [9.17, 15) is 4.79 Å². The highest BCUT2D eigenvalue weighted by molar-refractivity contribution is 7.14. The molecule has 2 aromatic carbocycles. The van der Waals surface area contributed by atoms with Crippen LogP contribution in [-0.4, -0.2) is 17.5 Å². The number of carbonyl (C=O) groups excluding carboxylic acids is 1. The van der Waals surface area contributed by atoms with Crippen LogP contribution in [0, 0.1) is 6.92 Å². The fourth-order valence-electron chi connectivity index (χ4n) is 2.41. The van der Waals surface area contributed by atoms with Gasteiger partial charge in [-0.1, -0.05) is 48.0 Å². The maximum absolute atomic E-state index is 12.2. The molecule has 5 heteroatoms. The fourth-order valence-corrected chi connectivity index (χ4v) is 3.13. The number of ether oxygens (including phenoxy) is 1. The van der Waals surface area contributed by atoms with Crippen LogP contribution in [-0.2, 0) is 4.79 Å². The molecule has 1 aromatic heterocycles. The second kappa shape index (κ2) is 8.45. The molecule has 0 saturated carbocycles. The molecule has 1 heterocycles. The van der Waals surface area contributed by atoms with Crippen LogP contribution < -0.4 is 10.1 Å². The Bertz CT molecular complexity index is 914. The number of anilines is 1. The third-order valence-corrected chi connectivity index (χ3v) is 4.47. The van der Waals surface area contributed by atoms with Gasteiger partial charge in [0.05, 0.1) is 12.3 Å². The average molecular weight is 364 g/mol. The van der Waals surface area contributed by atoms with Crippen molar-refractivity contribution < 1.29 is 9.53 Å². The van der Waals surface area contributed by atoms with Gasteiger partial charge in [-0.25, -0.2) is 4.98 Å². The molecule has 0 aliphatic rings. The lowest BCUT2D eigenvalue weighted by atomic mass is 10.1. The highest BCUT2D eigenvalue weighted by Crippen LogP contribution is 2.25. The minimum Gasteiger partial charge on any atom is -0.493 e. The lowest BCUT2D eigenvalue weighted by Crippen LogP contribution is -2.07. The van der Waals surface area contributed by atoms with Crippen LogP contribution in [0.2, 0.25) is 0 Å². The van der Waals surface area contributed by atoms with E-state index in [1.165, 1.54) is 23.0 Å². The van der Waals surface area contributed by atoms with Gasteiger partial charge in [-0.2, -0.15) is 0 Å². The van der Waals surface area contributed by atoms with Gasteiger partial charge in [-0.15, -0.1) is 11.3 Å². The zero-order valence-corrected chi connectivity index (χ0v) is 15.5. The van der Waals surface area contributed by atoms with Gasteiger partial charge in [0.25, 0.3) is 0 Å². The van der Waals surface area contributed by atoms with Crippen LogP contribution in [0.5, 0.6) is 5.75 Å². The summed E-state index contributed by atoms with van der Waals surface area (Å²) in [4.78, 5) is 16.7. The molecule has 0 bridgehead atoms. The summed E-state index contributed by atoms with van der Waals surface area (Å²) in [5, 5.41) is 5.32. The zero-order chi connectivity index (χ0) is 18.4. The van der Waals surface area contributed by atoms with E-state index in [-0.39, 0.29) is 5.91 Å². The molecule has 4 nitrogen and oxygen atoms in total. The summed E-state index contributed by atoms with van der Waals surface area (Å²) in [5.41, 5.74) is 3.96. The third kappa shape index (κ3) is 4.58. The van der Waals surface area contributed by atoms with E-state index in [1.54, 1.807) is 6.08 Å². The Morgan fingerprint density at radius 3 is 2.73 bits per heavy atom. The SMILES string of the molecule is CCOc1ccccc1/C=C/C(=O)Nc1nc(-c2ccc(C)cc2)cs1. The number of hydrogen-bond donors (Lipinski definition) is 1. The van der Waals surface area contributed by atoms with Crippen molar-refractivity contribution in [2.75, 3.05) is 11.9 Å². The van der Waals surface area contributed by atoms with Crippen molar-refractivity contribution in [3.8, 4) is 17.0 Å².